The molecule has 4 heteroatoms. The maximum Gasteiger partial charge on any atom is 0.318 e. The van der Waals surface area contributed by atoms with Crippen LogP contribution in [0, 0.1) is 5.92 Å². The van der Waals surface area contributed by atoms with Crippen molar-refractivity contribution >= 4 is 11.9 Å². The molecule has 9 heavy (non-hydrogen) atoms. The maximum absolute atomic E-state index is 10.5. The molecular formula is C5H7NO3. The number of carbonyl (C=O) groups excluding carboxylic acids is 2. The SMILES string of the molecule is NC(=O)[C@H]1CCOC1=O. The molecular weight excluding hydrogens is 122 g/mol. The minimum atomic E-state index is -0.690. The van der Waals surface area contributed by atoms with Crippen molar-refractivity contribution in [1.29, 1.82) is 0 Å². The Bertz CT molecular complexity index is 154. The van der Waals surface area contributed by atoms with Crippen molar-refractivity contribution < 1.29 is 14.3 Å². The molecule has 1 aliphatic rings. The number of cyclic esters (lactones) is 1. The molecule has 0 bridgehead atoms. The fraction of sp³-hybridized carbons (Fsp3) is 0.600. The van der Waals surface area contributed by atoms with Gasteiger partial charge in [0.2, 0.25) is 5.91 Å². The van der Waals surface area contributed by atoms with Gasteiger partial charge in [0, 0.05) is 6.42 Å². The van der Waals surface area contributed by atoms with Crippen LogP contribution >= 0.6 is 0 Å². The smallest absolute Gasteiger partial charge is 0.318 e. The van der Waals surface area contributed by atoms with Crippen LogP contribution < -0.4 is 5.73 Å². The van der Waals surface area contributed by atoms with Gasteiger partial charge in [-0.3, -0.25) is 9.59 Å². The molecule has 1 rings (SSSR count). The standard InChI is InChI=1S/C5H7NO3/c6-4(7)3-1-2-9-5(3)8/h3H,1-2H2,(H2,6,7)/t3-/m1/s1. The molecule has 1 fully saturated rings. The third kappa shape index (κ3) is 1.01. The number of ether oxygens (including phenoxy) is 1. The van der Waals surface area contributed by atoms with Crippen LogP contribution in [0.25, 0.3) is 0 Å². The van der Waals surface area contributed by atoms with E-state index >= 15 is 0 Å². The number of amides is 1. The minimum absolute atomic E-state index is 0.326. The van der Waals surface area contributed by atoms with Gasteiger partial charge in [-0.05, 0) is 0 Å². The summed E-state index contributed by atoms with van der Waals surface area (Å²) < 4.78 is 4.49. The molecule has 50 valence electrons. The van der Waals surface area contributed by atoms with Crippen LogP contribution in [0.3, 0.4) is 0 Å². The Morgan fingerprint density at radius 3 is 2.67 bits per heavy atom. The van der Waals surface area contributed by atoms with E-state index in [1.54, 1.807) is 0 Å². The Balaban J connectivity index is 2.60. The van der Waals surface area contributed by atoms with Gasteiger partial charge in [0.05, 0.1) is 6.61 Å². The number of hydrogen-bond donors (Lipinski definition) is 1. The Labute approximate surface area is 52.0 Å². The van der Waals surface area contributed by atoms with E-state index in [2.05, 4.69) is 4.74 Å². The summed E-state index contributed by atoms with van der Waals surface area (Å²) in [6, 6.07) is 0. The van der Waals surface area contributed by atoms with E-state index in [0.717, 1.165) is 0 Å². The monoisotopic (exact) mass is 129 g/mol. The van der Waals surface area contributed by atoms with Crippen LogP contribution in [0.5, 0.6) is 0 Å². The highest BCUT2D eigenvalue weighted by molar-refractivity contribution is 5.97. The van der Waals surface area contributed by atoms with Crippen LogP contribution in [0.1, 0.15) is 6.42 Å². The molecule has 1 amide bonds. The van der Waals surface area contributed by atoms with Gasteiger partial charge in [0.15, 0.2) is 0 Å². The second-order valence-electron chi connectivity index (χ2n) is 1.91. The molecule has 1 saturated heterocycles. The average Bonchev–Trinajstić information content (AvgIpc) is 2.13. The first-order chi connectivity index (χ1) is 4.22. The molecule has 2 N–H and O–H groups in total. The number of rotatable bonds is 1. The molecule has 0 spiro atoms. The van der Waals surface area contributed by atoms with E-state index in [1.165, 1.54) is 0 Å². The zero-order valence-corrected chi connectivity index (χ0v) is 4.79. The van der Waals surface area contributed by atoms with Crippen LogP contribution in [-0.4, -0.2) is 18.5 Å². The molecule has 1 atom stereocenters. The summed E-state index contributed by atoms with van der Waals surface area (Å²) >= 11 is 0. The summed E-state index contributed by atoms with van der Waals surface area (Å²) in [6.07, 6.45) is 0.439. The average molecular weight is 129 g/mol. The predicted molar refractivity (Wildman–Crippen MR) is 28.3 cm³/mol. The fourth-order valence-electron chi connectivity index (χ4n) is 0.754. The number of primary amides is 1. The van der Waals surface area contributed by atoms with Crippen molar-refractivity contribution in [3.05, 3.63) is 0 Å². The third-order valence-corrected chi connectivity index (χ3v) is 1.28. The molecule has 0 unspecified atom stereocenters. The van der Waals surface area contributed by atoms with E-state index in [0.29, 0.717) is 13.0 Å². The molecule has 0 saturated carbocycles. The summed E-state index contributed by atoms with van der Waals surface area (Å²) in [7, 11) is 0. The van der Waals surface area contributed by atoms with Crippen molar-refractivity contribution in [1.82, 2.24) is 0 Å². The van der Waals surface area contributed by atoms with Gasteiger partial charge in [0.1, 0.15) is 5.92 Å². The molecule has 1 heterocycles. The van der Waals surface area contributed by atoms with E-state index in [-0.39, 0.29) is 0 Å². The molecule has 0 aromatic carbocycles. The highest BCUT2D eigenvalue weighted by Crippen LogP contribution is 2.12. The molecule has 0 radical (unpaired) electrons. The molecule has 1 aliphatic heterocycles. The molecule has 0 aliphatic carbocycles. The van der Waals surface area contributed by atoms with Crippen LogP contribution in [0.2, 0.25) is 0 Å². The maximum atomic E-state index is 10.5. The first-order valence-corrected chi connectivity index (χ1v) is 2.68. The lowest BCUT2D eigenvalue weighted by molar-refractivity contribution is -0.144. The highest BCUT2D eigenvalue weighted by Gasteiger charge is 2.30. The van der Waals surface area contributed by atoms with Crippen LogP contribution in [0.15, 0.2) is 0 Å². The fourth-order valence-corrected chi connectivity index (χ4v) is 0.754. The van der Waals surface area contributed by atoms with Gasteiger partial charge in [-0.1, -0.05) is 0 Å². The Morgan fingerprint density at radius 2 is 2.44 bits per heavy atom. The Hall–Kier alpha value is -1.06. The van der Waals surface area contributed by atoms with E-state index in [1.807, 2.05) is 0 Å². The van der Waals surface area contributed by atoms with Gasteiger partial charge in [-0.25, -0.2) is 0 Å². The van der Waals surface area contributed by atoms with Crippen molar-refractivity contribution in [3.8, 4) is 0 Å². The van der Waals surface area contributed by atoms with Crippen molar-refractivity contribution in [2.75, 3.05) is 6.61 Å². The summed E-state index contributed by atoms with van der Waals surface area (Å²) in [5.41, 5.74) is 4.85. The minimum Gasteiger partial charge on any atom is -0.465 e. The van der Waals surface area contributed by atoms with Gasteiger partial charge in [-0.2, -0.15) is 0 Å². The normalized spacial score (nSPS) is 25.8. The zero-order chi connectivity index (χ0) is 6.85. The third-order valence-electron chi connectivity index (χ3n) is 1.28. The molecule has 0 aromatic rings. The number of hydrogen-bond acceptors (Lipinski definition) is 3. The number of esters is 1. The lowest BCUT2D eigenvalue weighted by Gasteiger charge is -1.95. The largest absolute Gasteiger partial charge is 0.465 e. The van der Waals surface area contributed by atoms with E-state index in [4.69, 9.17) is 5.73 Å². The highest BCUT2D eigenvalue weighted by atomic mass is 16.5. The number of carbonyl (C=O) groups is 2. The van der Waals surface area contributed by atoms with Gasteiger partial charge in [-0.15, -0.1) is 0 Å². The zero-order valence-electron chi connectivity index (χ0n) is 4.79. The van der Waals surface area contributed by atoms with Crippen molar-refractivity contribution in [3.63, 3.8) is 0 Å². The first kappa shape index (κ1) is 6.07. The molecule has 4 nitrogen and oxygen atoms in total. The second-order valence-corrected chi connectivity index (χ2v) is 1.91. The van der Waals surface area contributed by atoms with E-state index < -0.39 is 17.8 Å². The van der Waals surface area contributed by atoms with E-state index in [9.17, 15) is 9.59 Å². The summed E-state index contributed by atoms with van der Waals surface area (Å²) in [5.74, 6) is -1.76. The van der Waals surface area contributed by atoms with Crippen molar-refractivity contribution in [2.24, 2.45) is 11.7 Å². The van der Waals surface area contributed by atoms with Gasteiger partial charge >= 0.3 is 5.97 Å². The first-order valence-electron chi connectivity index (χ1n) is 2.68. The van der Waals surface area contributed by atoms with Crippen molar-refractivity contribution in [2.45, 2.75) is 6.42 Å². The quantitative estimate of drug-likeness (QED) is 0.366. The number of nitrogens with two attached hydrogens (primary N) is 1. The topological polar surface area (TPSA) is 69.4 Å². The Kier molecular flexibility index (Phi) is 1.38. The summed E-state index contributed by atoms with van der Waals surface area (Å²) in [5, 5.41) is 0. The summed E-state index contributed by atoms with van der Waals surface area (Å²) in [6.45, 7) is 0.326. The lowest BCUT2D eigenvalue weighted by Crippen LogP contribution is -2.26. The molecule has 0 aromatic heterocycles. The van der Waals surface area contributed by atoms with Crippen LogP contribution in [-0.2, 0) is 14.3 Å². The second kappa shape index (κ2) is 2.05. The van der Waals surface area contributed by atoms with Crippen LogP contribution in [0.4, 0.5) is 0 Å². The Morgan fingerprint density at radius 1 is 1.78 bits per heavy atom. The van der Waals surface area contributed by atoms with Gasteiger partial charge in [0.25, 0.3) is 0 Å². The van der Waals surface area contributed by atoms with Gasteiger partial charge < -0.3 is 10.5 Å². The lowest BCUT2D eigenvalue weighted by atomic mass is 10.1. The predicted octanol–water partition coefficient (Wildman–Crippen LogP) is -0.965. The summed E-state index contributed by atoms with van der Waals surface area (Å²) in [4.78, 5) is 20.8.